The first kappa shape index (κ1) is 10.1. The molecule has 5 heteroatoms. The highest BCUT2D eigenvalue weighted by Gasteiger charge is 2.40. The number of hydrogen-bond acceptors (Lipinski definition) is 4. The van der Waals surface area contributed by atoms with E-state index in [-0.39, 0.29) is 6.54 Å². The molecule has 0 aliphatic rings. The molecule has 0 heterocycles. The van der Waals surface area contributed by atoms with Gasteiger partial charge < -0.3 is 10.2 Å². The topological polar surface area (TPSA) is 86.6 Å². The first-order valence-corrected chi connectivity index (χ1v) is 3.17. The normalized spacial score (nSPS) is 15.5. The van der Waals surface area contributed by atoms with Gasteiger partial charge in [-0.05, 0) is 13.5 Å². The first-order valence-electron chi connectivity index (χ1n) is 3.17. The maximum absolute atomic E-state index is 10.6. The number of Topliss-reactive ketones (excluding diaryl/α,β-unsaturated/α-hetero) is 1. The summed E-state index contributed by atoms with van der Waals surface area (Å²) in [5.74, 6) is -2.40. The van der Waals surface area contributed by atoms with Crippen molar-refractivity contribution in [3.8, 4) is 0 Å². The van der Waals surface area contributed by atoms with Crippen molar-refractivity contribution in [2.45, 2.75) is 19.6 Å². The zero-order chi connectivity index (χ0) is 9.07. The van der Waals surface area contributed by atoms with E-state index in [1.165, 1.54) is 0 Å². The van der Waals surface area contributed by atoms with Gasteiger partial charge in [-0.15, -0.1) is 0 Å². The minimum atomic E-state index is -2.42. The lowest BCUT2D eigenvalue weighted by molar-refractivity contribution is -0.168. The summed E-state index contributed by atoms with van der Waals surface area (Å²) in [6, 6.07) is 0. The van der Waals surface area contributed by atoms with E-state index >= 15 is 0 Å². The van der Waals surface area contributed by atoms with Gasteiger partial charge in [0.05, 0.1) is 0 Å². The van der Waals surface area contributed by atoms with E-state index in [1.54, 1.807) is 6.92 Å². The maximum atomic E-state index is 10.6. The molecule has 11 heavy (non-hydrogen) atoms. The predicted molar refractivity (Wildman–Crippen MR) is 36.9 cm³/mol. The standard InChI is InChI=1S/C6H11NO4/c1-3-7-6(11,4(2)8)5(9)10/h7,11H,3H2,1-2H3,(H,9,10). The Morgan fingerprint density at radius 3 is 2.09 bits per heavy atom. The number of carboxylic acids is 1. The Balaban J connectivity index is 4.52. The molecule has 0 fully saturated rings. The molecular formula is C6H11NO4. The van der Waals surface area contributed by atoms with Crippen LogP contribution in [0.3, 0.4) is 0 Å². The molecule has 0 saturated carbocycles. The SMILES string of the molecule is CCNC(O)(C(C)=O)C(=O)O. The van der Waals surface area contributed by atoms with Crippen LogP contribution in [-0.4, -0.2) is 34.2 Å². The van der Waals surface area contributed by atoms with Crippen molar-refractivity contribution in [3.05, 3.63) is 0 Å². The highest BCUT2D eigenvalue weighted by atomic mass is 16.4. The second-order valence-electron chi connectivity index (χ2n) is 2.10. The van der Waals surface area contributed by atoms with Gasteiger partial charge in [0.15, 0.2) is 5.78 Å². The molecule has 0 bridgehead atoms. The number of aliphatic hydroxyl groups is 1. The molecule has 0 aromatic heterocycles. The van der Waals surface area contributed by atoms with E-state index in [0.29, 0.717) is 0 Å². The maximum Gasteiger partial charge on any atom is 0.359 e. The zero-order valence-electron chi connectivity index (χ0n) is 6.42. The number of hydrogen-bond donors (Lipinski definition) is 3. The monoisotopic (exact) mass is 161 g/mol. The molecule has 1 unspecified atom stereocenters. The molecule has 64 valence electrons. The summed E-state index contributed by atoms with van der Waals surface area (Å²) < 4.78 is 0. The lowest BCUT2D eigenvalue weighted by atomic mass is 10.1. The Kier molecular flexibility index (Phi) is 3.16. The van der Waals surface area contributed by atoms with Gasteiger partial charge in [-0.2, -0.15) is 0 Å². The molecule has 1 atom stereocenters. The third-order valence-corrected chi connectivity index (χ3v) is 1.25. The molecular weight excluding hydrogens is 150 g/mol. The van der Waals surface area contributed by atoms with Crippen molar-refractivity contribution in [2.24, 2.45) is 0 Å². The van der Waals surface area contributed by atoms with Crippen molar-refractivity contribution in [1.29, 1.82) is 0 Å². The average molecular weight is 161 g/mol. The molecule has 0 aromatic carbocycles. The predicted octanol–water partition coefficient (Wildman–Crippen LogP) is -1.04. The lowest BCUT2D eigenvalue weighted by Gasteiger charge is -2.20. The largest absolute Gasteiger partial charge is 0.478 e. The van der Waals surface area contributed by atoms with Gasteiger partial charge in [0.25, 0.3) is 5.72 Å². The quantitative estimate of drug-likeness (QED) is 0.362. The van der Waals surface area contributed by atoms with Gasteiger partial charge in [-0.1, -0.05) is 6.92 Å². The fourth-order valence-corrected chi connectivity index (χ4v) is 0.607. The van der Waals surface area contributed by atoms with E-state index in [0.717, 1.165) is 6.92 Å². The van der Waals surface area contributed by atoms with Gasteiger partial charge in [0.1, 0.15) is 0 Å². The lowest BCUT2D eigenvalue weighted by Crippen LogP contribution is -2.57. The molecule has 5 nitrogen and oxygen atoms in total. The number of nitrogens with one attached hydrogen (secondary N) is 1. The molecule has 0 spiro atoms. The van der Waals surface area contributed by atoms with Crippen LogP contribution in [0.2, 0.25) is 0 Å². The second kappa shape index (κ2) is 3.45. The minimum absolute atomic E-state index is 0.211. The summed E-state index contributed by atoms with van der Waals surface area (Å²) in [7, 11) is 0. The Morgan fingerprint density at radius 2 is 2.00 bits per heavy atom. The van der Waals surface area contributed by atoms with E-state index in [1.807, 2.05) is 0 Å². The summed E-state index contributed by atoms with van der Waals surface area (Å²) >= 11 is 0. The highest BCUT2D eigenvalue weighted by Crippen LogP contribution is 2.00. The van der Waals surface area contributed by atoms with Crippen LogP contribution in [-0.2, 0) is 9.59 Å². The minimum Gasteiger partial charge on any atom is -0.478 e. The summed E-state index contributed by atoms with van der Waals surface area (Å²) in [6.45, 7) is 2.82. The van der Waals surface area contributed by atoms with Gasteiger partial charge >= 0.3 is 5.97 Å². The van der Waals surface area contributed by atoms with Crippen LogP contribution < -0.4 is 5.32 Å². The fraction of sp³-hybridized carbons (Fsp3) is 0.667. The van der Waals surface area contributed by atoms with Gasteiger partial charge in [-0.25, -0.2) is 4.79 Å². The molecule has 0 rings (SSSR count). The van der Waals surface area contributed by atoms with Crippen LogP contribution in [0, 0.1) is 0 Å². The Hall–Kier alpha value is -0.940. The van der Waals surface area contributed by atoms with Crippen LogP contribution >= 0.6 is 0 Å². The summed E-state index contributed by atoms with van der Waals surface area (Å²) in [4.78, 5) is 20.9. The third kappa shape index (κ3) is 1.99. The van der Waals surface area contributed by atoms with Crippen molar-refractivity contribution >= 4 is 11.8 Å². The zero-order valence-corrected chi connectivity index (χ0v) is 6.42. The first-order chi connectivity index (χ1) is 4.95. The third-order valence-electron chi connectivity index (χ3n) is 1.25. The number of likely N-dealkylation sites (N-methyl/N-ethyl adjacent to an activating group) is 1. The second-order valence-corrected chi connectivity index (χ2v) is 2.10. The summed E-state index contributed by atoms with van der Waals surface area (Å²) in [6.07, 6.45) is 0. The molecule has 0 amide bonds. The fourth-order valence-electron chi connectivity index (χ4n) is 0.607. The van der Waals surface area contributed by atoms with Gasteiger partial charge in [0, 0.05) is 0 Å². The highest BCUT2D eigenvalue weighted by molar-refractivity contribution is 6.04. The van der Waals surface area contributed by atoms with Crippen molar-refractivity contribution < 1.29 is 19.8 Å². The molecule has 0 radical (unpaired) electrons. The molecule has 0 aliphatic heterocycles. The van der Waals surface area contributed by atoms with Crippen molar-refractivity contribution in [2.75, 3.05) is 6.54 Å². The smallest absolute Gasteiger partial charge is 0.359 e. The van der Waals surface area contributed by atoms with Crippen LogP contribution in [0.15, 0.2) is 0 Å². The van der Waals surface area contributed by atoms with E-state index < -0.39 is 17.5 Å². The summed E-state index contributed by atoms with van der Waals surface area (Å²) in [5.41, 5.74) is -2.42. The molecule has 3 N–H and O–H groups in total. The number of rotatable bonds is 4. The van der Waals surface area contributed by atoms with Gasteiger partial charge in [0.2, 0.25) is 0 Å². The Morgan fingerprint density at radius 1 is 1.55 bits per heavy atom. The molecule has 0 aromatic rings. The van der Waals surface area contributed by atoms with Crippen LogP contribution in [0.25, 0.3) is 0 Å². The molecule has 0 aliphatic carbocycles. The average Bonchev–Trinajstić information content (AvgIpc) is 1.87. The summed E-state index contributed by atoms with van der Waals surface area (Å²) in [5, 5.41) is 19.7. The number of carbonyl (C=O) groups is 2. The van der Waals surface area contributed by atoms with Crippen molar-refractivity contribution in [3.63, 3.8) is 0 Å². The van der Waals surface area contributed by atoms with Crippen LogP contribution in [0.5, 0.6) is 0 Å². The number of carboxylic acid groups (broad SMARTS) is 1. The van der Waals surface area contributed by atoms with E-state index in [9.17, 15) is 9.59 Å². The van der Waals surface area contributed by atoms with Gasteiger partial charge in [-0.3, -0.25) is 10.1 Å². The van der Waals surface area contributed by atoms with E-state index in [4.69, 9.17) is 10.2 Å². The van der Waals surface area contributed by atoms with E-state index in [2.05, 4.69) is 5.32 Å². The molecule has 0 saturated heterocycles. The Bertz CT molecular complexity index is 163. The number of carbonyl (C=O) groups excluding carboxylic acids is 1. The number of ketones is 1. The Labute approximate surface area is 64.0 Å². The van der Waals surface area contributed by atoms with Crippen LogP contribution in [0.4, 0.5) is 0 Å². The van der Waals surface area contributed by atoms with Crippen molar-refractivity contribution in [1.82, 2.24) is 5.32 Å². The number of aliphatic carboxylic acids is 1. The van der Waals surface area contributed by atoms with Crippen LogP contribution in [0.1, 0.15) is 13.8 Å².